The fourth-order valence-electron chi connectivity index (χ4n) is 1.63. The highest BCUT2D eigenvalue weighted by Gasteiger charge is 2.00. The first kappa shape index (κ1) is 13.7. The second kappa shape index (κ2) is 6.48. The number of carbonyl (C=O) groups is 1. The van der Waals surface area contributed by atoms with E-state index in [-0.39, 0.29) is 5.78 Å². The summed E-state index contributed by atoms with van der Waals surface area (Å²) >= 11 is 2.26. The maximum absolute atomic E-state index is 12.0. The maximum atomic E-state index is 12.0. The predicted molar refractivity (Wildman–Crippen MR) is 89.1 cm³/mol. The van der Waals surface area contributed by atoms with Crippen molar-refractivity contribution in [1.82, 2.24) is 0 Å². The van der Waals surface area contributed by atoms with E-state index >= 15 is 0 Å². The topological polar surface area (TPSA) is 17.1 Å². The van der Waals surface area contributed by atoms with Crippen LogP contribution in [0.1, 0.15) is 21.5 Å². The Hall–Kier alpha value is -1.68. The van der Waals surface area contributed by atoms with Crippen LogP contribution in [0.15, 0.2) is 61.2 Å². The molecule has 2 heteroatoms. The van der Waals surface area contributed by atoms with Crippen LogP contribution in [0.2, 0.25) is 0 Å². The summed E-state index contributed by atoms with van der Waals surface area (Å²) in [4.78, 5) is 12.0. The van der Waals surface area contributed by atoms with E-state index in [9.17, 15) is 4.79 Å². The average Bonchev–Trinajstić information content (AvgIpc) is 2.46. The highest BCUT2D eigenvalue weighted by atomic mass is 127. The monoisotopic (exact) mass is 360 g/mol. The van der Waals surface area contributed by atoms with Crippen LogP contribution in [0.3, 0.4) is 0 Å². The summed E-state index contributed by atoms with van der Waals surface area (Å²) in [5.41, 5.74) is 2.72. The smallest absolute Gasteiger partial charge is 0.185 e. The summed E-state index contributed by atoms with van der Waals surface area (Å²) in [5, 5.41) is 0. The SMILES string of the molecule is C=Cc1ccc(C(=O)C=Cc2ccc(I)cc2)cc1. The second-order valence-corrected chi connectivity index (χ2v) is 5.32. The first-order valence-corrected chi connectivity index (χ1v) is 6.97. The molecule has 0 amide bonds. The Morgan fingerprint density at radius 3 is 2.11 bits per heavy atom. The normalized spacial score (nSPS) is 10.6. The molecule has 0 aromatic heterocycles. The third kappa shape index (κ3) is 3.89. The van der Waals surface area contributed by atoms with Crippen LogP contribution in [0.25, 0.3) is 12.2 Å². The van der Waals surface area contributed by atoms with Crippen LogP contribution in [0.4, 0.5) is 0 Å². The third-order valence-corrected chi connectivity index (χ3v) is 3.45. The molecular formula is C17H13IO. The quantitative estimate of drug-likeness (QED) is 0.434. The van der Waals surface area contributed by atoms with Gasteiger partial charge in [0, 0.05) is 9.13 Å². The van der Waals surface area contributed by atoms with Gasteiger partial charge in [-0.3, -0.25) is 4.79 Å². The Kier molecular flexibility index (Phi) is 4.68. The number of benzene rings is 2. The van der Waals surface area contributed by atoms with Crippen molar-refractivity contribution in [3.05, 3.63) is 81.4 Å². The predicted octanol–water partition coefficient (Wildman–Crippen LogP) is 4.83. The van der Waals surface area contributed by atoms with Gasteiger partial charge in [0.2, 0.25) is 0 Å². The number of halogens is 1. The van der Waals surface area contributed by atoms with E-state index in [0.717, 1.165) is 11.1 Å². The molecule has 94 valence electrons. The van der Waals surface area contributed by atoms with Gasteiger partial charge in [-0.1, -0.05) is 55.1 Å². The molecule has 19 heavy (non-hydrogen) atoms. The standard InChI is InChI=1S/C17H13IO/c1-2-13-3-8-15(9-4-13)17(19)12-7-14-5-10-16(18)11-6-14/h2-12H,1H2. The largest absolute Gasteiger partial charge is 0.289 e. The van der Waals surface area contributed by atoms with Crippen molar-refractivity contribution in [2.24, 2.45) is 0 Å². The molecular weight excluding hydrogens is 347 g/mol. The lowest BCUT2D eigenvalue weighted by Gasteiger charge is -1.97. The zero-order valence-corrected chi connectivity index (χ0v) is 12.5. The van der Waals surface area contributed by atoms with E-state index < -0.39 is 0 Å². The molecule has 0 aliphatic carbocycles. The molecule has 0 atom stereocenters. The van der Waals surface area contributed by atoms with Crippen molar-refractivity contribution in [3.8, 4) is 0 Å². The van der Waals surface area contributed by atoms with E-state index in [4.69, 9.17) is 0 Å². The molecule has 2 aromatic carbocycles. The Labute approximate surface area is 126 Å². The van der Waals surface area contributed by atoms with Gasteiger partial charge in [0.05, 0.1) is 0 Å². The summed E-state index contributed by atoms with van der Waals surface area (Å²) in [6.45, 7) is 3.69. The third-order valence-electron chi connectivity index (χ3n) is 2.73. The number of hydrogen-bond acceptors (Lipinski definition) is 1. The minimum Gasteiger partial charge on any atom is -0.289 e. The highest BCUT2D eigenvalue weighted by molar-refractivity contribution is 14.1. The van der Waals surface area contributed by atoms with E-state index in [2.05, 4.69) is 29.2 Å². The molecule has 0 bridgehead atoms. The number of allylic oxidation sites excluding steroid dienone is 1. The number of hydrogen-bond donors (Lipinski definition) is 0. The van der Waals surface area contributed by atoms with Crippen LogP contribution in [-0.2, 0) is 0 Å². The maximum Gasteiger partial charge on any atom is 0.185 e. The average molecular weight is 360 g/mol. The van der Waals surface area contributed by atoms with Crippen molar-refractivity contribution in [1.29, 1.82) is 0 Å². The Morgan fingerprint density at radius 1 is 0.947 bits per heavy atom. The Balaban J connectivity index is 2.11. The van der Waals surface area contributed by atoms with Gasteiger partial charge in [0.25, 0.3) is 0 Å². The lowest BCUT2D eigenvalue weighted by molar-refractivity contribution is 0.104. The molecule has 0 radical (unpaired) electrons. The lowest BCUT2D eigenvalue weighted by Crippen LogP contribution is -1.93. The van der Waals surface area contributed by atoms with Gasteiger partial charge in [0.15, 0.2) is 5.78 Å². The van der Waals surface area contributed by atoms with Crippen LogP contribution < -0.4 is 0 Å². The zero-order chi connectivity index (χ0) is 13.7. The minimum atomic E-state index is 0.00848. The molecule has 2 aromatic rings. The van der Waals surface area contributed by atoms with Gasteiger partial charge in [-0.15, -0.1) is 0 Å². The van der Waals surface area contributed by atoms with E-state index in [0.29, 0.717) is 5.56 Å². The molecule has 0 saturated carbocycles. The molecule has 0 heterocycles. The molecule has 1 nitrogen and oxygen atoms in total. The van der Waals surface area contributed by atoms with Crippen molar-refractivity contribution >= 4 is 40.5 Å². The van der Waals surface area contributed by atoms with E-state index in [1.807, 2.05) is 54.6 Å². The number of rotatable bonds is 4. The van der Waals surface area contributed by atoms with Crippen LogP contribution in [0, 0.1) is 3.57 Å². The van der Waals surface area contributed by atoms with Crippen molar-refractivity contribution in [3.63, 3.8) is 0 Å². The van der Waals surface area contributed by atoms with Gasteiger partial charge in [-0.25, -0.2) is 0 Å². The summed E-state index contributed by atoms with van der Waals surface area (Å²) in [5.74, 6) is 0.00848. The van der Waals surface area contributed by atoms with Crippen LogP contribution in [0.5, 0.6) is 0 Å². The Bertz CT molecular complexity index is 607. The van der Waals surface area contributed by atoms with Gasteiger partial charge < -0.3 is 0 Å². The summed E-state index contributed by atoms with van der Waals surface area (Å²) in [7, 11) is 0. The minimum absolute atomic E-state index is 0.00848. The van der Waals surface area contributed by atoms with Gasteiger partial charge >= 0.3 is 0 Å². The van der Waals surface area contributed by atoms with Crippen molar-refractivity contribution in [2.45, 2.75) is 0 Å². The second-order valence-electron chi connectivity index (χ2n) is 4.08. The molecule has 0 N–H and O–H groups in total. The lowest BCUT2D eigenvalue weighted by atomic mass is 10.1. The van der Waals surface area contributed by atoms with E-state index in [1.165, 1.54) is 3.57 Å². The van der Waals surface area contributed by atoms with E-state index in [1.54, 1.807) is 12.2 Å². The Morgan fingerprint density at radius 2 is 1.53 bits per heavy atom. The van der Waals surface area contributed by atoms with Crippen LogP contribution >= 0.6 is 22.6 Å². The van der Waals surface area contributed by atoms with Gasteiger partial charge in [-0.05, 0) is 51.9 Å². The van der Waals surface area contributed by atoms with Gasteiger partial charge in [0.1, 0.15) is 0 Å². The summed E-state index contributed by atoms with van der Waals surface area (Å²) in [6, 6.07) is 15.4. The number of carbonyl (C=O) groups excluding carboxylic acids is 1. The first-order valence-electron chi connectivity index (χ1n) is 5.89. The molecule has 0 saturated heterocycles. The summed E-state index contributed by atoms with van der Waals surface area (Å²) in [6.07, 6.45) is 5.20. The first-order chi connectivity index (χ1) is 9.19. The molecule has 0 aliphatic heterocycles. The zero-order valence-electron chi connectivity index (χ0n) is 10.3. The molecule has 0 spiro atoms. The van der Waals surface area contributed by atoms with Crippen molar-refractivity contribution in [2.75, 3.05) is 0 Å². The molecule has 0 unspecified atom stereocenters. The highest BCUT2D eigenvalue weighted by Crippen LogP contribution is 2.10. The summed E-state index contributed by atoms with van der Waals surface area (Å²) < 4.78 is 1.18. The van der Waals surface area contributed by atoms with Crippen molar-refractivity contribution < 1.29 is 4.79 Å². The van der Waals surface area contributed by atoms with Gasteiger partial charge in [-0.2, -0.15) is 0 Å². The fourth-order valence-corrected chi connectivity index (χ4v) is 1.99. The number of ketones is 1. The molecule has 2 rings (SSSR count). The molecule has 0 fully saturated rings. The van der Waals surface area contributed by atoms with Crippen LogP contribution in [-0.4, -0.2) is 5.78 Å². The molecule has 0 aliphatic rings. The fraction of sp³-hybridized carbons (Fsp3) is 0.